The van der Waals surface area contributed by atoms with Crippen LogP contribution in [0.15, 0.2) is 35.9 Å². The molecule has 0 fully saturated rings. The highest BCUT2D eigenvalue weighted by Crippen LogP contribution is 2.50. The molecule has 0 spiro atoms. The molecular formula is C17H20O5. The number of hydrogen-bond acceptors (Lipinski definition) is 3. The van der Waals surface area contributed by atoms with Crippen molar-refractivity contribution in [3.05, 3.63) is 41.5 Å². The maximum atomic E-state index is 12.0. The summed E-state index contributed by atoms with van der Waals surface area (Å²) < 4.78 is 0. The summed E-state index contributed by atoms with van der Waals surface area (Å²) in [5.41, 5.74) is -1.24. The molecule has 118 valence electrons. The van der Waals surface area contributed by atoms with Crippen LogP contribution in [0.4, 0.5) is 0 Å². The second kappa shape index (κ2) is 5.48. The van der Waals surface area contributed by atoms with Crippen LogP contribution in [-0.2, 0) is 15.0 Å². The van der Waals surface area contributed by atoms with Crippen molar-refractivity contribution < 1.29 is 24.9 Å². The normalized spacial score (nSPS) is 28.0. The van der Waals surface area contributed by atoms with Crippen LogP contribution in [0, 0.1) is 5.41 Å². The second-order valence-corrected chi connectivity index (χ2v) is 5.94. The fourth-order valence-corrected chi connectivity index (χ4v) is 3.34. The number of carboxylic acids is 2. The lowest BCUT2D eigenvalue weighted by atomic mass is 9.59. The third-order valence-electron chi connectivity index (χ3n) is 4.96. The van der Waals surface area contributed by atoms with Gasteiger partial charge in [-0.3, -0.25) is 9.59 Å². The number of aromatic hydroxyl groups is 1. The third-order valence-corrected chi connectivity index (χ3v) is 4.96. The fourth-order valence-electron chi connectivity index (χ4n) is 3.34. The first-order chi connectivity index (χ1) is 10.3. The summed E-state index contributed by atoms with van der Waals surface area (Å²) in [5, 5.41) is 28.9. The zero-order chi connectivity index (χ0) is 16.5. The van der Waals surface area contributed by atoms with Gasteiger partial charge in [0.25, 0.3) is 0 Å². The van der Waals surface area contributed by atoms with Gasteiger partial charge < -0.3 is 15.3 Å². The first kappa shape index (κ1) is 16.1. The molecule has 1 aliphatic rings. The van der Waals surface area contributed by atoms with Crippen molar-refractivity contribution in [2.45, 2.75) is 38.5 Å². The molecule has 0 heterocycles. The van der Waals surface area contributed by atoms with E-state index in [0.29, 0.717) is 17.6 Å². The molecule has 1 aromatic carbocycles. The van der Waals surface area contributed by atoms with E-state index in [0.717, 1.165) is 0 Å². The smallest absolute Gasteiger partial charge is 0.314 e. The molecule has 0 saturated heterocycles. The van der Waals surface area contributed by atoms with Crippen molar-refractivity contribution in [3.8, 4) is 5.75 Å². The maximum Gasteiger partial charge on any atom is 0.314 e. The number of phenolic OH excluding ortho intramolecular Hbond substituents is 1. The standard InChI is InChI=1S/C17H20O5/c1-3-16(14(19)20)10-17(15(21)22,9-8-11(16)2)12-4-6-13(18)7-5-12/h4-8,18H,3,9-10H2,1-2H3,(H,19,20)(H,21,22). The second-order valence-electron chi connectivity index (χ2n) is 5.94. The summed E-state index contributed by atoms with van der Waals surface area (Å²) in [6.07, 6.45) is 2.31. The number of aliphatic carboxylic acids is 2. The highest BCUT2D eigenvalue weighted by molar-refractivity contribution is 5.86. The van der Waals surface area contributed by atoms with Gasteiger partial charge in [-0.05, 0) is 43.9 Å². The molecule has 0 saturated carbocycles. The molecule has 2 rings (SSSR count). The predicted octanol–water partition coefficient (Wildman–Crippen LogP) is 2.94. The van der Waals surface area contributed by atoms with Crippen LogP contribution >= 0.6 is 0 Å². The molecule has 0 aromatic heterocycles. The van der Waals surface area contributed by atoms with Crippen molar-refractivity contribution in [2.75, 3.05) is 0 Å². The third kappa shape index (κ3) is 2.26. The Hall–Kier alpha value is -2.30. The molecule has 0 radical (unpaired) electrons. The largest absolute Gasteiger partial charge is 0.508 e. The Bertz CT molecular complexity index is 631. The van der Waals surface area contributed by atoms with Crippen LogP contribution in [-0.4, -0.2) is 27.3 Å². The first-order valence-corrected chi connectivity index (χ1v) is 7.22. The van der Waals surface area contributed by atoms with Crippen LogP contribution in [0.1, 0.15) is 38.7 Å². The van der Waals surface area contributed by atoms with E-state index in [9.17, 15) is 24.9 Å². The van der Waals surface area contributed by atoms with Gasteiger partial charge in [0.05, 0.1) is 10.8 Å². The number of carboxylic acid groups (broad SMARTS) is 2. The quantitative estimate of drug-likeness (QED) is 0.743. The molecule has 1 aromatic rings. The van der Waals surface area contributed by atoms with Gasteiger partial charge in [0.1, 0.15) is 5.75 Å². The van der Waals surface area contributed by atoms with Gasteiger partial charge in [0.2, 0.25) is 0 Å². The predicted molar refractivity (Wildman–Crippen MR) is 80.8 cm³/mol. The average molecular weight is 304 g/mol. The minimum Gasteiger partial charge on any atom is -0.508 e. The SMILES string of the molecule is CCC1(C(=O)O)CC(C(=O)O)(c2ccc(O)cc2)CC=C1C. The number of hydrogen-bond donors (Lipinski definition) is 3. The molecule has 5 heteroatoms. The Labute approximate surface area is 128 Å². The minimum absolute atomic E-state index is 0.00821. The van der Waals surface area contributed by atoms with Crippen LogP contribution in [0.5, 0.6) is 5.75 Å². The molecular weight excluding hydrogens is 284 g/mol. The van der Waals surface area contributed by atoms with Crippen molar-refractivity contribution in [1.29, 1.82) is 0 Å². The van der Waals surface area contributed by atoms with E-state index in [1.807, 2.05) is 0 Å². The highest BCUT2D eigenvalue weighted by atomic mass is 16.4. The maximum absolute atomic E-state index is 12.0. The van der Waals surface area contributed by atoms with Gasteiger partial charge in [-0.1, -0.05) is 30.7 Å². The highest BCUT2D eigenvalue weighted by Gasteiger charge is 2.53. The number of allylic oxidation sites excluding steroid dienone is 1. The summed E-state index contributed by atoms with van der Waals surface area (Å²) in [6, 6.07) is 5.97. The van der Waals surface area contributed by atoms with Gasteiger partial charge in [-0.2, -0.15) is 0 Å². The first-order valence-electron chi connectivity index (χ1n) is 7.22. The average Bonchev–Trinajstić information content (AvgIpc) is 2.48. The molecule has 5 nitrogen and oxygen atoms in total. The Balaban J connectivity index is 2.61. The molecule has 0 amide bonds. The topological polar surface area (TPSA) is 94.8 Å². The van der Waals surface area contributed by atoms with Gasteiger partial charge in [0, 0.05) is 0 Å². The number of rotatable bonds is 4. The lowest BCUT2D eigenvalue weighted by Gasteiger charge is -2.42. The van der Waals surface area contributed by atoms with E-state index in [1.54, 1.807) is 32.1 Å². The van der Waals surface area contributed by atoms with Gasteiger partial charge in [0.15, 0.2) is 0 Å². The number of benzene rings is 1. The minimum atomic E-state index is -1.29. The van der Waals surface area contributed by atoms with E-state index in [-0.39, 0.29) is 18.6 Å². The van der Waals surface area contributed by atoms with Gasteiger partial charge in [-0.25, -0.2) is 0 Å². The van der Waals surface area contributed by atoms with Crippen molar-refractivity contribution >= 4 is 11.9 Å². The number of carbonyl (C=O) groups is 2. The van der Waals surface area contributed by atoms with Gasteiger partial charge in [-0.15, -0.1) is 0 Å². The molecule has 2 unspecified atom stereocenters. The van der Waals surface area contributed by atoms with E-state index in [1.165, 1.54) is 12.1 Å². The summed E-state index contributed by atoms with van der Waals surface area (Å²) in [6.45, 7) is 3.51. The molecule has 1 aliphatic carbocycles. The van der Waals surface area contributed by atoms with E-state index in [4.69, 9.17) is 0 Å². The zero-order valence-corrected chi connectivity index (χ0v) is 12.7. The van der Waals surface area contributed by atoms with Crippen LogP contribution in [0.3, 0.4) is 0 Å². The van der Waals surface area contributed by atoms with Gasteiger partial charge >= 0.3 is 11.9 Å². The Morgan fingerprint density at radius 1 is 1.14 bits per heavy atom. The van der Waals surface area contributed by atoms with E-state index in [2.05, 4.69) is 0 Å². The number of phenols is 1. The zero-order valence-electron chi connectivity index (χ0n) is 12.7. The van der Waals surface area contributed by atoms with Crippen molar-refractivity contribution in [1.82, 2.24) is 0 Å². The molecule has 0 aliphatic heterocycles. The molecule has 0 bridgehead atoms. The van der Waals surface area contributed by atoms with E-state index < -0.39 is 22.8 Å². The molecule has 2 atom stereocenters. The summed E-state index contributed by atoms with van der Waals surface area (Å²) in [7, 11) is 0. The Morgan fingerprint density at radius 3 is 2.18 bits per heavy atom. The van der Waals surface area contributed by atoms with E-state index >= 15 is 0 Å². The van der Waals surface area contributed by atoms with Crippen molar-refractivity contribution in [3.63, 3.8) is 0 Å². The Kier molecular flexibility index (Phi) is 4.00. The summed E-state index contributed by atoms with van der Waals surface area (Å²) in [5.74, 6) is -1.99. The van der Waals surface area contributed by atoms with Crippen LogP contribution < -0.4 is 0 Å². The monoisotopic (exact) mass is 304 g/mol. The van der Waals surface area contributed by atoms with Crippen LogP contribution in [0.25, 0.3) is 0 Å². The molecule has 22 heavy (non-hydrogen) atoms. The van der Waals surface area contributed by atoms with Crippen molar-refractivity contribution in [2.24, 2.45) is 5.41 Å². The lowest BCUT2D eigenvalue weighted by Crippen LogP contribution is -2.47. The van der Waals surface area contributed by atoms with Crippen LogP contribution in [0.2, 0.25) is 0 Å². The summed E-state index contributed by atoms with van der Waals surface area (Å²) >= 11 is 0. The fraction of sp³-hybridized carbons (Fsp3) is 0.412. The summed E-state index contributed by atoms with van der Waals surface area (Å²) in [4.78, 5) is 23.8. The Morgan fingerprint density at radius 2 is 1.73 bits per heavy atom. The molecule has 3 N–H and O–H groups in total. The lowest BCUT2D eigenvalue weighted by molar-refractivity contribution is -0.152.